The molecule has 0 aliphatic rings. The SMILES string of the molecule is COc1cnc(-c2ccccn2)nc1C(N)CC(C)C. The molecule has 1 atom stereocenters. The van der Waals surface area contributed by atoms with Gasteiger partial charge in [0.05, 0.1) is 19.3 Å². The Labute approximate surface area is 119 Å². The quantitative estimate of drug-likeness (QED) is 0.905. The van der Waals surface area contributed by atoms with Gasteiger partial charge in [-0.25, -0.2) is 9.97 Å². The molecule has 0 fully saturated rings. The molecule has 0 aliphatic heterocycles. The first-order chi connectivity index (χ1) is 9.61. The zero-order chi connectivity index (χ0) is 14.5. The van der Waals surface area contributed by atoms with Crippen LogP contribution < -0.4 is 10.5 Å². The average Bonchev–Trinajstić information content (AvgIpc) is 2.46. The van der Waals surface area contributed by atoms with Gasteiger partial charge < -0.3 is 10.5 Å². The van der Waals surface area contributed by atoms with E-state index in [1.807, 2.05) is 18.2 Å². The number of aromatic nitrogens is 3. The van der Waals surface area contributed by atoms with Crippen LogP contribution in [0.25, 0.3) is 11.5 Å². The summed E-state index contributed by atoms with van der Waals surface area (Å²) in [5.41, 5.74) is 7.69. The van der Waals surface area contributed by atoms with E-state index in [1.165, 1.54) is 0 Å². The molecule has 0 aliphatic carbocycles. The molecule has 0 saturated heterocycles. The van der Waals surface area contributed by atoms with Gasteiger partial charge in [-0.2, -0.15) is 0 Å². The minimum absolute atomic E-state index is 0.171. The van der Waals surface area contributed by atoms with Gasteiger partial charge in [0.15, 0.2) is 11.6 Å². The van der Waals surface area contributed by atoms with Crippen LogP contribution in [-0.4, -0.2) is 22.1 Å². The zero-order valence-electron chi connectivity index (χ0n) is 12.1. The summed E-state index contributed by atoms with van der Waals surface area (Å²) in [6, 6.07) is 5.47. The second kappa shape index (κ2) is 6.43. The molecular formula is C15H20N4O. The zero-order valence-corrected chi connectivity index (χ0v) is 12.1. The summed E-state index contributed by atoms with van der Waals surface area (Å²) in [6.07, 6.45) is 4.22. The van der Waals surface area contributed by atoms with Crippen LogP contribution in [0.1, 0.15) is 32.0 Å². The molecule has 2 heterocycles. The third kappa shape index (κ3) is 3.30. The van der Waals surface area contributed by atoms with Crippen molar-refractivity contribution in [3.8, 4) is 17.3 Å². The monoisotopic (exact) mass is 272 g/mol. The maximum Gasteiger partial charge on any atom is 0.178 e. The lowest BCUT2D eigenvalue weighted by Gasteiger charge is -2.16. The van der Waals surface area contributed by atoms with Crippen LogP contribution in [0, 0.1) is 5.92 Å². The molecule has 0 radical (unpaired) electrons. The van der Waals surface area contributed by atoms with Gasteiger partial charge in [0.2, 0.25) is 0 Å². The average molecular weight is 272 g/mol. The number of ether oxygens (including phenoxy) is 1. The third-order valence-electron chi connectivity index (χ3n) is 2.97. The number of rotatable bonds is 5. The first-order valence-corrected chi connectivity index (χ1v) is 6.69. The number of hydrogen-bond donors (Lipinski definition) is 1. The van der Waals surface area contributed by atoms with Crippen molar-refractivity contribution in [3.63, 3.8) is 0 Å². The Hall–Kier alpha value is -2.01. The van der Waals surface area contributed by atoms with Gasteiger partial charge in [0, 0.05) is 6.20 Å². The van der Waals surface area contributed by atoms with Crippen molar-refractivity contribution < 1.29 is 4.74 Å². The molecule has 2 rings (SSSR count). The molecule has 2 aromatic rings. The Morgan fingerprint density at radius 3 is 2.65 bits per heavy atom. The normalized spacial score (nSPS) is 12.4. The predicted octanol–water partition coefficient (Wildman–Crippen LogP) is 2.59. The molecule has 0 amide bonds. The minimum Gasteiger partial charge on any atom is -0.493 e. The van der Waals surface area contributed by atoms with Gasteiger partial charge >= 0.3 is 0 Å². The van der Waals surface area contributed by atoms with Gasteiger partial charge in [-0.3, -0.25) is 4.98 Å². The van der Waals surface area contributed by atoms with Crippen LogP contribution in [0.3, 0.4) is 0 Å². The van der Waals surface area contributed by atoms with Crippen molar-refractivity contribution in [1.29, 1.82) is 0 Å². The van der Waals surface area contributed by atoms with Gasteiger partial charge in [0.25, 0.3) is 0 Å². The largest absolute Gasteiger partial charge is 0.493 e. The summed E-state index contributed by atoms with van der Waals surface area (Å²) < 4.78 is 5.31. The Morgan fingerprint density at radius 2 is 2.05 bits per heavy atom. The molecule has 5 heteroatoms. The molecule has 0 saturated carbocycles. The minimum atomic E-state index is -0.171. The predicted molar refractivity (Wildman–Crippen MR) is 78.2 cm³/mol. The lowest BCUT2D eigenvalue weighted by Crippen LogP contribution is -2.16. The Bertz CT molecular complexity index is 557. The first kappa shape index (κ1) is 14.4. The van der Waals surface area contributed by atoms with Crippen molar-refractivity contribution in [2.75, 3.05) is 7.11 Å². The molecular weight excluding hydrogens is 252 g/mol. The van der Waals surface area contributed by atoms with E-state index in [2.05, 4.69) is 28.8 Å². The van der Waals surface area contributed by atoms with Crippen molar-refractivity contribution in [2.45, 2.75) is 26.3 Å². The van der Waals surface area contributed by atoms with E-state index in [1.54, 1.807) is 19.5 Å². The fourth-order valence-electron chi connectivity index (χ4n) is 2.04. The van der Waals surface area contributed by atoms with E-state index >= 15 is 0 Å². The van der Waals surface area contributed by atoms with Crippen LogP contribution in [0.2, 0.25) is 0 Å². The fraction of sp³-hybridized carbons (Fsp3) is 0.400. The molecule has 0 bridgehead atoms. The molecule has 1 unspecified atom stereocenters. The van der Waals surface area contributed by atoms with Gasteiger partial charge in [-0.15, -0.1) is 0 Å². The Balaban J connectivity index is 2.39. The van der Waals surface area contributed by atoms with E-state index in [9.17, 15) is 0 Å². The fourth-order valence-corrected chi connectivity index (χ4v) is 2.04. The third-order valence-corrected chi connectivity index (χ3v) is 2.97. The van der Waals surface area contributed by atoms with E-state index in [0.29, 0.717) is 17.5 Å². The summed E-state index contributed by atoms with van der Waals surface area (Å²) in [6.45, 7) is 4.26. The Morgan fingerprint density at radius 1 is 1.25 bits per heavy atom. The van der Waals surface area contributed by atoms with E-state index in [-0.39, 0.29) is 6.04 Å². The number of pyridine rings is 1. The second-order valence-electron chi connectivity index (χ2n) is 5.10. The van der Waals surface area contributed by atoms with Gasteiger partial charge in [-0.1, -0.05) is 19.9 Å². The summed E-state index contributed by atoms with van der Waals surface area (Å²) in [5, 5.41) is 0. The number of hydrogen-bond acceptors (Lipinski definition) is 5. The molecule has 0 spiro atoms. The number of nitrogens with zero attached hydrogens (tertiary/aromatic N) is 3. The number of nitrogens with two attached hydrogens (primary N) is 1. The van der Waals surface area contributed by atoms with Crippen LogP contribution >= 0.6 is 0 Å². The highest BCUT2D eigenvalue weighted by Gasteiger charge is 2.17. The van der Waals surface area contributed by atoms with Crippen LogP contribution in [0.4, 0.5) is 0 Å². The topological polar surface area (TPSA) is 73.9 Å². The van der Waals surface area contributed by atoms with E-state index in [0.717, 1.165) is 17.8 Å². The van der Waals surface area contributed by atoms with E-state index < -0.39 is 0 Å². The maximum absolute atomic E-state index is 6.23. The van der Waals surface area contributed by atoms with Crippen molar-refractivity contribution in [2.24, 2.45) is 11.7 Å². The van der Waals surface area contributed by atoms with Crippen molar-refractivity contribution in [3.05, 3.63) is 36.3 Å². The highest BCUT2D eigenvalue weighted by molar-refractivity contribution is 5.49. The van der Waals surface area contributed by atoms with Crippen LogP contribution in [0.15, 0.2) is 30.6 Å². The molecule has 20 heavy (non-hydrogen) atoms. The molecule has 2 N–H and O–H groups in total. The smallest absolute Gasteiger partial charge is 0.178 e. The summed E-state index contributed by atoms with van der Waals surface area (Å²) >= 11 is 0. The summed E-state index contributed by atoms with van der Waals surface area (Å²) in [7, 11) is 1.60. The number of methoxy groups -OCH3 is 1. The Kier molecular flexibility index (Phi) is 4.63. The first-order valence-electron chi connectivity index (χ1n) is 6.69. The molecule has 106 valence electrons. The van der Waals surface area contributed by atoms with Gasteiger partial charge in [-0.05, 0) is 24.5 Å². The van der Waals surface area contributed by atoms with Crippen molar-refractivity contribution in [1.82, 2.24) is 15.0 Å². The van der Waals surface area contributed by atoms with Crippen molar-refractivity contribution >= 4 is 0 Å². The molecule has 5 nitrogen and oxygen atoms in total. The summed E-state index contributed by atoms with van der Waals surface area (Å²) in [5.74, 6) is 1.68. The highest BCUT2D eigenvalue weighted by Crippen LogP contribution is 2.27. The lowest BCUT2D eigenvalue weighted by atomic mass is 10.0. The van der Waals surface area contributed by atoms with Crippen LogP contribution in [-0.2, 0) is 0 Å². The van der Waals surface area contributed by atoms with E-state index in [4.69, 9.17) is 10.5 Å². The second-order valence-corrected chi connectivity index (χ2v) is 5.10. The molecule has 2 aromatic heterocycles. The maximum atomic E-state index is 6.23. The van der Waals surface area contributed by atoms with Crippen LogP contribution in [0.5, 0.6) is 5.75 Å². The lowest BCUT2D eigenvalue weighted by molar-refractivity contribution is 0.392. The standard InChI is InChI=1S/C15H20N4O/c1-10(2)8-11(16)14-13(20-3)9-18-15(19-14)12-6-4-5-7-17-12/h4-7,9-11H,8,16H2,1-3H3. The summed E-state index contributed by atoms with van der Waals surface area (Å²) in [4.78, 5) is 13.1. The van der Waals surface area contributed by atoms with Gasteiger partial charge in [0.1, 0.15) is 11.4 Å². The highest BCUT2D eigenvalue weighted by atomic mass is 16.5. The molecule has 0 aromatic carbocycles.